The zero-order chi connectivity index (χ0) is 25.7. The maximum Gasteiger partial charge on any atom is 0.263 e. The second-order valence-corrected chi connectivity index (χ2v) is 11.2. The number of thiophene rings is 1. The highest BCUT2D eigenvalue weighted by atomic mass is 32.2. The number of hydrogen-bond acceptors (Lipinski definition) is 9. The van der Waals surface area contributed by atoms with Crippen molar-refractivity contribution in [2.75, 3.05) is 15.8 Å². The number of nitrogens with zero attached hydrogens (tertiary/aromatic N) is 5. The summed E-state index contributed by atoms with van der Waals surface area (Å²) in [4.78, 5) is 21.8. The summed E-state index contributed by atoms with van der Waals surface area (Å²) in [5, 5.41) is 13.8. The van der Waals surface area contributed by atoms with E-state index in [-0.39, 0.29) is 22.4 Å². The Morgan fingerprint density at radius 1 is 1.17 bits per heavy atom. The lowest BCUT2D eigenvalue weighted by Crippen LogP contribution is -2.16. The predicted molar refractivity (Wildman–Crippen MR) is 142 cm³/mol. The van der Waals surface area contributed by atoms with Gasteiger partial charge in [0.25, 0.3) is 10.0 Å². The van der Waals surface area contributed by atoms with Crippen LogP contribution in [0.1, 0.15) is 11.5 Å². The number of anilines is 2. The number of carbonyl (C=O) groups excluding carboxylic acids is 1. The van der Waals surface area contributed by atoms with Gasteiger partial charge in [-0.05, 0) is 49.6 Å². The summed E-state index contributed by atoms with van der Waals surface area (Å²) in [5.74, 6) is 1.24. The summed E-state index contributed by atoms with van der Waals surface area (Å²) in [7, 11) is -3.85. The molecule has 1 amide bonds. The van der Waals surface area contributed by atoms with E-state index in [4.69, 9.17) is 0 Å². The standard InChI is InChI=1S/C23H23N7O3S3/c1-4-11-30-22(19-6-5-12-34-19)27-28-23(30)35-14-21(31)26-17-7-9-18(10-8-17)36(32,33)29-20-13-15(2)24-16(3)25-20/h4-10,12-13H,1,11,14H2,2-3H3,(H,26,31)(H,24,25,29). The van der Waals surface area contributed by atoms with E-state index in [9.17, 15) is 13.2 Å². The molecule has 1 aromatic carbocycles. The second kappa shape index (κ2) is 11.0. The monoisotopic (exact) mass is 541 g/mol. The van der Waals surface area contributed by atoms with E-state index in [1.54, 1.807) is 37.3 Å². The lowest BCUT2D eigenvalue weighted by atomic mass is 10.3. The number of thioether (sulfide) groups is 1. The first kappa shape index (κ1) is 25.5. The summed E-state index contributed by atoms with van der Waals surface area (Å²) < 4.78 is 29.8. The van der Waals surface area contributed by atoms with Crippen LogP contribution in [0.2, 0.25) is 0 Å². The second-order valence-electron chi connectivity index (χ2n) is 7.59. The molecule has 0 radical (unpaired) electrons. The Morgan fingerprint density at radius 2 is 1.94 bits per heavy atom. The Bertz CT molecular complexity index is 1460. The SMILES string of the molecule is C=CCn1c(SCC(=O)Nc2ccc(S(=O)(=O)Nc3cc(C)nc(C)n3)cc2)nnc1-c1cccs1. The zero-order valence-corrected chi connectivity index (χ0v) is 22.0. The topological polar surface area (TPSA) is 132 Å². The lowest BCUT2D eigenvalue weighted by Gasteiger charge is -2.10. The van der Waals surface area contributed by atoms with E-state index < -0.39 is 10.0 Å². The molecule has 3 heterocycles. The highest BCUT2D eigenvalue weighted by Gasteiger charge is 2.17. The number of hydrogen-bond donors (Lipinski definition) is 2. The van der Waals surface area contributed by atoms with Crippen molar-refractivity contribution in [3.8, 4) is 10.7 Å². The molecular weight excluding hydrogens is 519 g/mol. The Morgan fingerprint density at radius 3 is 2.61 bits per heavy atom. The van der Waals surface area contributed by atoms with Crippen molar-refractivity contribution in [3.05, 3.63) is 72.0 Å². The number of amides is 1. The first-order valence-electron chi connectivity index (χ1n) is 10.7. The molecule has 10 nitrogen and oxygen atoms in total. The minimum atomic E-state index is -3.85. The van der Waals surface area contributed by atoms with Gasteiger partial charge in [0.15, 0.2) is 11.0 Å². The summed E-state index contributed by atoms with van der Waals surface area (Å²) in [5.41, 5.74) is 1.13. The number of carbonyl (C=O) groups is 1. The van der Waals surface area contributed by atoms with E-state index >= 15 is 0 Å². The zero-order valence-electron chi connectivity index (χ0n) is 19.5. The maximum absolute atomic E-state index is 12.7. The Labute approximate surface area is 217 Å². The molecule has 2 N–H and O–H groups in total. The van der Waals surface area contributed by atoms with Crippen LogP contribution in [0.25, 0.3) is 10.7 Å². The van der Waals surface area contributed by atoms with Crippen molar-refractivity contribution in [3.63, 3.8) is 0 Å². The molecule has 13 heteroatoms. The molecule has 0 bridgehead atoms. The van der Waals surface area contributed by atoms with Crippen molar-refractivity contribution in [2.45, 2.75) is 30.4 Å². The number of rotatable bonds is 10. The number of nitrogens with one attached hydrogen (secondary N) is 2. The largest absolute Gasteiger partial charge is 0.325 e. The van der Waals surface area contributed by atoms with Gasteiger partial charge in [0.05, 0.1) is 15.5 Å². The molecule has 186 valence electrons. The quantitative estimate of drug-likeness (QED) is 0.226. The molecule has 0 aliphatic heterocycles. The van der Waals surface area contributed by atoms with E-state index in [0.717, 1.165) is 10.7 Å². The van der Waals surface area contributed by atoms with Crippen LogP contribution in [0, 0.1) is 13.8 Å². The number of sulfonamides is 1. The van der Waals surface area contributed by atoms with Gasteiger partial charge in [-0.2, -0.15) is 0 Å². The van der Waals surface area contributed by atoms with Crippen molar-refractivity contribution < 1.29 is 13.2 Å². The Kier molecular flexibility index (Phi) is 7.82. The molecule has 0 fully saturated rings. The van der Waals surface area contributed by atoms with E-state index in [1.165, 1.54) is 36.0 Å². The number of aromatic nitrogens is 5. The highest BCUT2D eigenvalue weighted by molar-refractivity contribution is 7.99. The van der Waals surface area contributed by atoms with Crippen LogP contribution in [-0.4, -0.2) is 44.8 Å². The van der Waals surface area contributed by atoms with Gasteiger partial charge < -0.3 is 5.32 Å². The van der Waals surface area contributed by atoms with Gasteiger partial charge in [0, 0.05) is 24.0 Å². The van der Waals surface area contributed by atoms with Crippen LogP contribution < -0.4 is 10.0 Å². The molecule has 0 aliphatic rings. The van der Waals surface area contributed by atoms with Gasteiger partial charge in [-0.15, -0.1) is 28.1 Å². The molecule has 4 aromatic rings. The maximum atomic E-state index is 12.7. The minimum Gasteiger partial charge on any atom is -0.325 e. The fourth-order valence-electron chi connectivity index (χ4n) is 3.29. The third kappa shape index (κ3) is 6.17. The van der Waals surface area contributed by atoms with Crippen LogP contribution in [-0.2, 0) is 21.4 Å². The minimum absolute atomic E-state index is 0.0439. The summed E-state index contributed by atoms with van der Waals surface area (Å²) in [6.07, 6.45) is 1.75. The third-order valence-electron chi connectivity index (χ3n) is 4.76. The van der Waals surface area contributed by atoms with E-state index in [2.05, 4.69) is 36.8 Å². The van der Waals surface area contributed by atoms with Gasteiger partial charge in [-0.3, -0.25) is 14.1 Å². The van der Waals surface area contributed by atoms with E-state index in [0.29, 0.717) is 28.9 Å². The number of allylic oxidation sites excluding steroid dienone is 1. The Hall–Kier alpha value is -3.55. The highest BCUT2D eigenvalue weighted by Crippen LogP contribution is 2.27. The molecule has 3 aromatic heterocycles. The van der Waals surface area contributed by atoms with Crippen LogP contribution in [0.15, 0.2) is 70.6 Å². The average Bonchev–Trinajstić information content (AvgIpc) is 3.47. The number of aryl methyl sites for hydroxylation is 2. The summed E-state index contributed by atoms with van der Waals surface area (Å²) in [6.45, 7) is 7.75. The molecule has 0 aliphatic carbocycles. The predicted octanol–water partition coefficient (Wildman–Crippen LogP) is 4.13. The smallest absolute Gasteiger partial charge is 0.263 e. The third-order valence-corrected chi connectivity index (χ3v) is 7.96. The van der Waals surface area contributed by atoms with Gasteiger partial charge in [0.1, 0.15) is 11.6 Å². The van der Waals surface area contributed by atoms with Crippen molar-refractivity contribution in [1.29, 1.82) is 0 Å². The first-order valence-corrected chi connectivity index (χ1v) is 14.1. The number of benzene rings is 1. The summed E-state index contributed by atoms with van der Waals surface area (Å²) >= 11 is 2.82. The lowest BCUT2D eigenvalue weighted by molar-refractivity contribution is -0.113. The molecule has 4 rings (SSSR count). The molecular formula is C23H23N7O3S3. The fourth-order valence-corrected chi connectivity index (χ4v) is 5.74. The van der Waals surface area contributed by atoms with Gasteiger partial charge in [-0.25, -0.2) is 18.4 Å². The van der Waals surface area contributed by atoms with Gasteiger partial charge >= 0.3 is 0 Å². The van der Waals surface area contributed by atoms with E-state index in [1.807, 2.05) is 22.1 Å². The van der Waals surface area contributed by atoms with Crippen LogP contribution in [0.5, 0.6) is 0 Å². The normalized spacial score (nSPS) is 11.3. The summed E-state index contributed by atoms with van der Waals surface area (Å²) in [6, 6.07) is 11.4. The molecule has 0 atom stereocenters. The molecule has 0 saturated carbocycles. The first-order chi connectivity index (χ1) is 17.2. The molecule has 0 unspecified atom stereocenters. The van der Waals surface area contributed by atoms with Crippen LogP contribution in [0.3, 0.4) is 0 Å². The van der Waals surface area contributed by atoms with Gasteiger partial charge in [-0.1, -0.05) is 23.9 Å². The van der Waals surface area contributed by atoms with Crippen LogP contribution in [0.4, 0.5) is 11.5 Å². The fraction of sp³-hybridized carbons (Fsp3) is 0.174. The Balaban J connectivity index is 1.38. The van der Waals surface area contributed by atoms with Crippen molar-refractivity contribution in [1.82, 2.24) is 24.7 Å². The molecule has 0 spiro atoms. The van der Waals surface area contributed by atoms with Crippen LogP contribution >= 0.6 is 23.1 Å². The van der Waals surface area contributed by atoms with Crippen molar-refractivity contribution >= 4 is 50.5 Å². The van der Waals surface area contributed by atoms with Crippen molar-refractivity contribution in [2.24, 2.45) is 0 Å². The average molecular weight is 542 g/mol. The molecule has 36 heavy (non-hydrogen) atoms. The van der Waals surface area contributed by atoms with Gasteiger partial charge in [0.2, 0.25) is 5.91 Å². The molecule has 0 saturated heterocycles.